The van der Waals surface area contributed by atoms with E-state index in [1.807, 2.05) is 0 Å². The molecule has 0 spiro atoms. The van der Waals surface area contributed by atoms with Crippen LogP contribution in [0, 0.1) is 0 Å². The van der Waals surface area contributed by atoms with E-state index in [1.165, 1.54) is 17.1 Å². The molecule has 3 N–H and O–H groups in total. The van der Waals surface area contributed by atoms with Crippen molar-refractivity contribution in [2.75, 3.05) is 0 Å². The van der Waals surface area contributed by atoms with Crippen molar-refractivity contribution in [2.45, 2.75) is 11.4 Å². The minimum absolute atomic E-state index is 0.00512. The largest absolute Gasteiger partial charge is 0.389 e. The minimum atomic E-state index is -3.73. The van der Waals surface area contributed by atoms with Gasteiger partial charge in [-0.2, -0.15) is 5.10 Å². The quantitative estimate of drug-likeness (QED) is 0.749. The van der Waals surface area contributed by atoms with Crippen molar-refractivity contribution in [1.82, 2.24) is 19.5 Å². The summed E-state index contributed by atoms with van der Waals surface area (Å²) in [5, 5.41) is 3.99. The number of sulfonamides is 1. The van der Waals surface area contributed by atoms with E-state index in [0.29, 0.717) is 11.4 Å². The molecule has 7 nitrogen and oxygen atoms in total. The van der Waals surface area contributed by atoms with Crippen LogP contribution in [0.1, 0.15) is 11.4 Å². The van der Waals surface area contributed by atoms with Crippen LogP contribution in [-0.2, 0) is 23.6 Å². The smallest absolute Gasteiger partial charge is 0.241 e. The molecule has 9 heteroatoms. The summed E-state index contributed by atoms with van der Waals surface area (Å²) in [5.41, 5.74) is 5.84. The van der Waals surface area contributed by atoms with Crippen LogP contribution in [0.5, 0.6) is 0 Å². The first-order valence-corrected chi connectivity index (χ1v) is 7.52. The molecule has 0 atom stereocenters. The zero-order valence-electron chi connectivity index (χ0n) is 10.6. The van der Waals surface area contributed by atoms with Crippen LogP contribution in [0.2, 0.25) is 0 Å². The van der Waals surface area contributed by atoms with E-state index >= 15 is 0 Å². The van der Waals surface area contributed by atoms with Gasteiger partial charge in [0, 0.05) is 12.6 Å². The van der Waals surface area contributed by atoms with Crippen LogP contribution in [0.3, 0.4) is 0 Å². The molecule has 1 heterocycles. The summed E-state index contributed by atoms with van der Waals surface area (Å²) in [6.45, 7) is -0.00512. The maximum atomic E-state index is 12.2. The van der Waals surface area contributed by atoms with Gasteiger partial charge < -0.3 is 5.73 Å². The lowest BCUT2D eigenvalue weighted by Gasteiger charge is -2.09. The molecule has 0 unspecified atom stereocenters. The summed E-state index contributed by atoms with van der Waals surface area (Å²) in [6, 6.07) is 6.29. The van der Waals surface area contributed by atoms with Gasteiger partial charge in [-0.05, 0) is 6.07 Å². The molecule has 2 rings (SSSR count). The maximum absolute atomic E-state index is 12.2. The predicted octanol–water partition coefficient (Wildman–Crippen LogP) is -0.0722. The van der Waals surface area contributed by atoms with Gasteiger partial charge in [0.05, 0.1) is 11.4 Å². The Hall–Kier alpha value is -1.84. The number of nitrogens with zero attached hydrogens (tertiary/aromatic N) is 3. The lowest BCUT2D eigenvalue weighted by molar-refractivity contribution is 0.578. The van der Waals surface area contributed by atoms with Crippen molar-refractivity contribution in [3.8, 4) is 0 Å². The lowest BCUT2D eigenvalue weighted by Crippen LogP contribution is -2.26. The molecule has 0 aliphatic carbocycles. The number of benzene rings is 1. The highest BCUT2D eigenvalue weighted by atomic mass is 32.2. The number of aromatic nitrogens is 3. The standard InChI is InChI=1S/C11H13N5O2S2/c1-16-7-13-10(15-16)6-14-20(17,18)9-5-3-2-4-8(9)11(12)19/h2-5,7,14H,6H2,1H3,(H2,12,19). The third-order valence-electron chi connectivity index (χ3n) is 2.51. The maximum Gasteiger partial charge on any atom is 0.241 e. The van der Waals surface area contributed by atoms with Crippen LogP contribution in [0.4, 0.5) is 0 Å². The first kappa shape index (κ1) is 14.6. The SMILES string of the molecule is Cn1cnc(CNS(=O)(=O)c2ccccc2C(N)=S)n1. The molecule has 0 bridgehead atoms. The van der Waals surface area contributed by atoms with Crippen molar-refractivity contribution in [3.05, 3.63) is 42.0 Å². The molecular formula is C11H13N5O2S2. The van der Waals surface area contributed by atoms with E-state index in [-0.39, 0.29) is 16.4 Å². The van der Waals surface area contributed by atoms with Crippen LogP contribution >= 0.6 is 12.2 Å². The fraction of sp³-hybridized carbons (Fsp3) is 0.182. The van der Waals surface area contributed by atoms with Gasteiger partial charge in [-0.25, -0.2) is 18.1 Å². The van der Waals surface area contributed by atoms with Gasteiger partial charge in [0.15, 0.2) is 5.82 Å². The van der Waals surface area contributed by atoms with E-state index in [4.69, 9.17) is 18.0 Å². The molecule has 0 radical (unpaired) electrons. The molecule has 2 aromatic rings. The highest BCUT2D eigenvalue weighted by Gasteiger charge is 2.19. The topological polar surface area (TPSA) is 103 Å². The molecule has 1 aromatic heterocycles. The number of aryl methyl sites for hydroxylation is 1. The number of thiocarbonyl (C=S) groups is 1. The second-order valence-corrected chi connectivity index (χ2v) is 6.19. The molecular weight excluding hydrogens is 298 g/mol. The lowest BCUT2D eigenvalue weighted by atomic mass is 10.2. The Balaban J connectivity index is 2.25. The first-order valence-electron chi connectivity index (χ1n) is 5.63. The van der Waals surface area contributed by atoms with E-state index in [1.54, 1.807) is 25.2 Å². The van der Waals surface area contributed by atoms with Gasteiger partial charge in [-0.3, -0.25) is 4.68 Å². The molecule has 0 saturated heterocycles. The monoisotopic (exact) mass is 311 g/mol. The highest BCUT2D eigenvalue weighted by molar-refractivity contribution is 7.89. The van der Waals surface area contributed by atoms with Crippen molar-refractivity contribution in [3.63, 3.8) is 0 Å². The Morgan fingerprint density at radius 1 is 1.45 bits per heavy atom. The first-order chi connectivity index (χ1) is 9.40. The zero-order chi connectivity index (χ0) is 14.8. The molecule has 1 aromatic carbocycles. The summed E-state index contributed by atoms with van der Waals surface area (Å²) < 4.78 is 28.4. The average Bonchev–Trinajstić information content (AvgIpc) is 2.82. The minimum Gasteiger partial charge on any atom is -0.389 e. The van der Waals surface area contributed by atoms with Crippen LogP contribution < -0.4 is 10.5 Å². The van der Waals surface area contributed by atoms with Crippen LogP contribution in [-0.4, -0.2) is 28.2 Å². The third-order valence-corrected chi connectivity index (χ3v) is 4.19. The molecule has 0 aliphatic heterocycles. The van der Waals surface area contributed by atoms with Gasteiger partial charge in [0.1, 0.15) is 11.3 Å². The second kappa shape index (κ2) is 5.65. The average molecular weight is 311 g/mol. The van der Waals surface area contributed by atoms with Gasteiger partial charge in [0.25, 0.3) is 0 Å². The Kier molecular flexibility index (Phi) is 4.12. The van der Waals surface area contributed by atoms with E-state index in [0.717, 1.165) is 0 Å². The summed E-state index contributed by atoms with van der Waals surface area (Å²) in [6.07, 6.45) is 1.49. The Bertz CT molecular complexity index is 739. The molecule has 106 valence electrons. The van der Waals surface area contributed by atoms with E-state index in [9.17, 15) is 8.42 Å². The van der Waals surface area contributed by atoms with Gasteiger partial charge in [-0.1, -0.05) is 30.4 Å². The third kappa shape index (κ3) is 3.18. The van der Waals surface area contributed by atoms with E-state index < -0.39 is 10.0 Å². The molecule has 0 saturated carbocycles. The normalized spacial score (nSPS) is 11.4. The van der Waals surface area contributed by atoms with Crippen molar-refractivity contribution < 1.29 is 8.42 Å². The Morgan fingerprint density at radius 2 is 2.15 bits per heavy atom. The van der Waals surface area contributed by atoms with Crippen LogP contribution in [0.25, 0.3) is 0 Å². The van der Waals surface area contributed by atoms with Gasteiger partial charge in [-0.15, -0.1) is 0 Å². The second-order valence-electron chi connectivity index (χ2n) is 4.02. The van der Waals surface area contributed by atoms with Crippen molar-refractivity contribution >= 4 is 27.2 Å². The Labute approximate surface area is 121 Å². The summed E-state index contributed by atoms with van der Waals surface area (Å²) in [7, 11) is -2.03. The molecule has 0 fully saturated rings. The summed E-state index contributed by atoms with van der Waals surface area (Å²) in [4.78, 5) is 4.02. The van der Waals surface area contributed by atoms with Gasteiger partial charge >= 0.3 is 0 Å². The van der Waals surface area contributed by atoms with E-state index in [2.05, 4.69) is 14.8 Å². The predicted molar refractivity (Wildman–Crippen MR) is 77.4 cm³/mol. The zero-order valence-corrected chi connectivity index (χ0v) is 12.3. The van der Waals surface area contributed by atoms with Gasteiger partial charge in [0.2, 0.25) is 10.0 Å². The molecule has 0 amide bonds. The number of nitrogens with two attached hydrogens (primary N) is 1. The molecule has 0 aliphatic rings. The highest BCUT2D eigenvalue weighted by Crippen LogP contribution is 2.15. The fourth-order valence-corrected chi connectivity index (χ4v) is 3.05. The number of hydrogen-bond acceptors (Lipinski definition) is 5. The number of hydrogen-bond donors (Lipinski definition) is 2. The van der Waals surface area contributed by atoms with Crippen molar-refractivity contribution in [1.29, 1.82) is 0 Å². The fourth-order valence-electron chi connectivity index (χ4n) is 1.61. The summed E-state index contributed by atoms with van der Waals surface area (Å²) in [5.74, 6) is 0.379. The molecule has 20 heavy (non-hydrogen) atoms. The number of rotatable bonds is 5. The number of nitrogens with one attached hydrogen (secondary N) is 1. The Morgan fingerprint density at radius 3 is 2.75 bits per heavy atom. The van der Waals surface area contributed by atoms with Crippen LogP contribution in [0.15, 0.2) is 35.5 Å². The van der Waals surface area contributed by atoms with Crippen molar-refractivity contribution in [2.24, 2.45) is 12.8 Å². The summed E-state index contributed by atoms with van der Waals surface area (Å²) >= 11 is 4.86.